The molecule has 0 radical (unpaired) electrons. The fourth-order valence-electron chi connectivity index (χ4n) is 5.81. The highest BCUT2D eigenvalue weighted by Crippen LogP contribution is 2.74. The van der Waals surface area contributed by atoms with Crippen LogP contribution in [0.3, 0.4) is 0 Å². The predicted molar refractivity (Wildman–Crippen MR) is 93.5 cm³/mol. The van der Waals surface area contributed by atoms with Crippen molar-refractivity contribution in [3.63, 3.8) is 0 Å². The maximum Gasteiger partial charge on any atom is 0.0700 e. The molecule has 0 nitrogen and oxygen atoms in total. The van der Waals surface area contributed by atoms with Gasteiger partial charge in [0.25, 0.3) is 0 Å². The molecule has 3 rings (SSSR count). The van der Waals surface area contributed by atoms with Gasteiger partial charge in [-0.2, -0.15) is 0 Å². The van der Waals surface area contributed by atoms with Gasteiger partial charge in [0, 0.05) is 13.9 Å². The second-order valence-corrected chi connectivity index (χ2v) is 12.7. The van der Waals surface area contributed by atoms with E-state index in [1.54, 1.807) is 77.0 Å². The monoisotopic (exact) mass is 374 g/mol. The van der Waals surface area contributed by atoms with E-state index in [4.69, 9.17) is 0 Å². The first-order valence-corrected chi connectivity index (χ1v) is 12.1. The van der Waals surface area contributed by atoms with Crippen LogP contribution in [0.2, 0.25) is 0 Å². The minimum absolute atomic E-state index is 0. The van der Waals surface area contributed by atoms with E-state index in [9.17, 15) is 0 Å². The molecule has 0 bridgehead atoms. The van der Waals surface area contributed by atoms with Crippen LogP contribution in [-0.2, 0) is 0 Å². The highest BCUT2D eigenvalue weighted by atomic mass is 79.9. The smallest absolute Gasteiger partial charge is 0.0700 e. The van der Waals surface area contributed by atoms with Gasteiger partial charge in [-0.05, 0) is 77.0 Å². The van der Waals surface area contributed by atoms with Crippen LogP contribution >= 0.6 is 7.26 Å². The molecule has 0 aromatic carbocycles. The summed E-state index contributed by atoms with van der Waals surface area (Å²) in [5.74, 6) is 0. The summed E-state index contributed by atoms with van der Waals surface area (Å²) < 4.78 is 0. The average Bonchev–Trinajstić information content (AvgIpc) is 2.56. The first kappa shape index (κ1) is 18.3. The molecule has 3 saturated carbocycles. The molecule has 0 saturated heterocycles. The van der Waals surface area contributed by atoms with Gasteiger partial charge in [0.1, 0.15) is 0 Å². The van der Waals surface area contributed by atoms with Crippen LogP contribution in [0, 0.1) is 0 Å². The number of halogens is 1. The Labute approximate surface area is 144 Å². The quantitative estimate of drug-likeness (QED) is 0.661. The van der Waals surface area contributed by atoms with Gasteiger partial charge in [-0.25, -0.2) is 0 Å². The lowest BCUT2D eigenvalue weighted by atomic mass is 9.99. The third-order valence-corrected chi connectivity index (χ3v) is 13.4. The Hall–Kier alpha value is 0.910. The molecule has 124 valence electrons. The molecule has 0 spiro atoms. The molecular formula is C19H36BrP. The standard InChI is InChI=1S/C19H36P.BrH/c1-20(17-11-5-2-6-12-17,18-13-7-3-8-14-18)19-15-9-4-10-16-19;/h17-19H,2-16H2,1H3;1H/q+1;/p-1. The molecular weight excluding hydrogens is 339 g/mol. The van der Waals surface area contributed by atoms with Crippen molar-refractivity contribution in [3.05, 3.63) is 0 Å². The summed E-state index contributed by atoms with van der Waals surface area (Å²) in [6.45, 7) is 2.87. The molecule has 0 atom stereocenters. The molecule has 0 aromatic heterocycles. The van der Waals surface area contributed by atoms with Crippen molar-refractivity contribution in [3.8, 4) is 0 Å². The zero-order valence-electron chi connectivity index (χ0n) is 14.2. The first-order chi connectivity index (χ1) is 9.82. The topological polar surface area (TPSA) is 0 Å². The minimum atomic E-state index is -0.696. The lowest BCUT2D eigenvalue weighted by molar-refractivity contribution is -0.00000432. The zero-order valence-corrected chi connectivity index (χ0v) is 16.6. The van der Waals surface area contributed by atoms with Gasteiger partial charge < -0.3 is 17.0 Å². The summed E-state index contributed by atoms with van der Waals surface area (Å²) in [5, 5.41) is 0. The summed E-state index contributed by atoms with van der Waals surface area (Å²) in [6, 6.07) is 0. The van der Waals surface area contributed by atoms with Crippen LogP contribution in [-0.4, -0.2) is 23.6 Å². The first-order valence-electron chi connectivity index (χ1n) is 9.67. The fraction of sp³-hybridized carbons (Fsp3) is 1.00. The van der Waals surface area contributed by atoms with Crippen LogP contribution in [0.4, 0.5) is 0 Å². The summed E-state index contributed by atoms with van der Waals surface area (Å²) in [6.07, 6.45) is 23.6. The van der Waals surface area contributed by atoms with Gasteiger partial charge in [-0.1, -0.05) is 19.3 Å². The van der Waals surface area contributed by atoms with Crippen molar-refractivity contribution in [2.45, 2.75) is 113 Å². The lowest BCUT2D eigenvalue weighted by Crippen LogP contribution is -3.00. The Bertz CT molecular complexity index is 240. The fourth-order valence-corrected chi connectivity index (χ4v) is 12.0. The van der Waals surface area contributed by atoms with Gasteiger partial charge in [-0.15, -0.1) is 0 Å². The van der Waals surface area contributed by atoms with E-state index in [0.717, 1.165) is 0 Å². The number of hydrogen-bond acceptors (Lipinski definition) is 0. The average molecular weight is 375 g/mol. The van der Waals surface area contributed by atoms with Crippen LogP contribution in [0.1, 0.15) is 96.3 Å². The van der Waals surface area contributed by atoms with Crippen molar-refractivity contribution < 1.29 is 17.0 Å². The molecule has 0 heterocycles. The maximum absolute atomic E-state index is 2.87. The molecule has 3 aliphatic carbocycles. The van der Waals surface area contributed by atoms with Crippen LogP contribution in [0.25, 0.3) is 0 Å². The predicted octanol–water partition coefficient (Wildman–Crippen LogP) is 3.64. The zero-order chi connectivity index (χ0) is 13.8. The molecule has 3 fully saturated rings. The maximum atomic E-state index is 2.87. The Balaban J connectivity index is 0.00000161. The van der Waals surface area contributed by atoms with E-state index in [0.29, 0.717) is 0 Å². The highest BCUT2D eigenvalue weighted by molar-refractivity contribution is 7.77. The minimum Gasteiger partial charge on any atom is -1.00 e. The van der Waals surface area contributed by atoms with E-state index in [1.807, 2.05) is 0 Å². The van der Waals surface area contributed by atoms with E-state index >= 15 is 0 Å². The van der Waals surface area contributed by atoms with Crippen LogP contribution in [0.15, 0.2) is 0 Å². The van der Waals surface area contributed by atoms with Gasteiger partial charge in [0.2, 0.25) is 0 Å². The second kappa shape index (κ2) is 8.68. The van der Waals surface area contributed by atoms with Crippen molar-refractivity contribution in [2.24, 2.45) is 0 Å². The Morgan fingerprint density at radius 1 is 0.476 bits per heavy atom. The third-order valence-electron chi connectivity index (χ3n) is 7.08. The Morgan fingerprint density at radius 3 is 0.952 bits per heavy atom. The third kappa shape index (κ3) is 4.06. The van der Waals surface area contributed by atoms with E-state index in [1.165, 1.54) is 36.2 Å². The molecule has 0 amide bonds. The van der Waals surface area contributed by atoms with Crippen LogP contribution < -0.4 is 17.0 Å². The Morgan fingerprint density at radius 2 is 0.714 bits per heavy atom. The van der Waals surface area contributed by atoms with E-state index in [2.05, 4.69) is 6.66 Å². The van der Waals surface area contributed by atoms with E-state index in [-0.39, 0.29) is 17.0 Å². The number of hydrogen-bond donors (Lipinski definition) is 0. The summed E-state index contributed by atoms with van der Waals surface area (Å²) in [5.41, 5.74) is 3.55. The van der Waals surface area contributed by atoms with Crippen molar-refractivity contribution >= 4 is 7.26 Å². The SMILES string of the molecule is C[P+](C1CCCCC1)(C1CCCCC1)C1CCCCC1.[Br-]. The largest absolute Gasteiger partial charge is 1.00 e. The van der Waals surface area contributed by atoms with Gasteiger partial charge in [0.05, 0.1) is 17.0 Å². The van der Waals surface area contributed by atoms with Crippen molar-refractivity contribution in [1.29, 1.82) is 0 Å². The summed E-state index contributed by atoms with van der Waals surface area (Å²) >= 11 is 0. The van der Waals surface area contributed by atoms with Gasteiger partial charge >= 0.3 is 0 Å². The molecule has 21 heavy (non-hydrogen) atoms. The highest BCUT2D eigenvalue weighted by Gasteiger charge is 2.53. The van der Waals surface area contributed by atoms with Crippen LogP contribution in [0.5, 0.6) is 0 Å². The molecule has 0 aliphatic heterocycles. The number of rotatable bonds is 3. The molecule has 0 unspecified atom stereocenters. The van der Waals surface area contributed by atoms with Crippen molar-refractivity contribution in [2.75, 3.05) is 6.66 Å². The second-order valence-electron chi connectivity index (χ2n) is 8.10. The van der Waals surface area contributed by atoms with Gasteiger partial charge in [-0.3, -0.25) is 0 Å². The van der Waals surface area contributed by atoms with Gasteiger partial charge in [0.15, 0.2) is 0 Å². The summed E-state index contributed by atoms with van der Waals surface area (Å²) in [4.78, 5) is 0. The van der Waals surface area contributed by atoms with Crippen molar-refractivity contribution in [1.82, 2.24) is 0 Å². The molecule has 3 aliphatic rings. The normalized spacial score (nSPS) is 27.3. The molecule has 0 N–H and O–H groups in total. The Kier molecular flexibility index (Phi) is 7.54. The van der Waals surface area contributed by atoms with E-state index < -0.39 is 7.26 Å². The molecule has 2 heteroatoms. The lowest BCUT2D eigenvalue weighted by Gasteiger charge is -2.46. The summed E-state index contributed by atoms with van der Waals surface area (Å²) in [7, 11) is -0.696. The molecule has 0 aromatic rings.